The maximum absolute atomic E-state index is 11.7. The first-order valence-corrected chi connectivity index (χ1v) is 19.5. The summed E-state index contributed by atoms with van der Waals surface area (Å²) in [7, 11) is 0. The summed E-state index contributed by atoms with van der Waals surface area (Å²) in [4.78, 5) is 6.30. The molecule has 0 radical (unpaired) electrons. The van der Waals surface area contributed by atoms with Gasteiger partial charge in [0.05, 0.1) is 65.0 Å². The quantitative estimate of drug-likeness (QED) is 0.151. The molecule has 11 aromatic rings. The molecule has 61 heavy (non-hydrogen) atoms. The molecule has 0 amide bonds. The molecule has 0 saturated heterocycles. The van der Waals surface area contributed by atoms with Crippen LogP contribution in [-0.4, -0.2) is 9.13 Å². The Bertz CT molecular complexity index is 3880. The van der Waals surface area contributed by atoms with Crippen LogP contribution < -0.4 is 4.90 Å². The minimum atomic E-state index is -0.542. The van der Waals surface area contributed by atoms with E-state index in [9.17, 15) is 5.26 Å². The molecule has 0 atom stereocenters. The lowest BCUT2D eigenvalue weighted by molar-refractivity contribution is 1.12. The van der Waals surface area contributed by atoms with E-state index in [0.717, 1.165) is 33.2 Å². The van der Waals surface area contributed by atoms with Gasteiger partial charge in [0.15, 0.2) is 0 Å². The topological polar surface area (TPSA) is 41.2 Å². The number of nitriles is 1. The number of para-hydroxylation sites is 4. The first kappa shape index (κ1) is 26.4. The van der Waals surface area contributed by atoms with Gasteiger partial charge in [-0.15, -0.1) is 0 Å². The summed E-state index contributed by atoms with van der Waals surface area (Å²) in [5, 5.41) is 14.6. The van der Waals surface area contributed by atoms with Gasteiger partial charge < -0.3 is 14.0 Å². The van der Waals surface area contributed by atoms with Crippen LogP contribution in [0.5, 0.6) is 0 Å². The van der Waals surface area contributed by atoms with Crippen LogP contribution in [0, 0.1) is 17.9 Å². The van der Waals surface area contributed by atoms with Gasteiger partial charge in [0.2, 0.25) is 5.69 Å². The zero-order valence-electron chi connectivity index (χ0n) is 42.2. The summed E-state index contributed by atoms with van der Waals surface area (Å²) in [6.45, 7) is 9.13. The van der Waals surface area contributed by atoms with E-state index in [1.165, 1.54) is 0 Å². The van der Waals surface area contributed by atoms with E-state index in [0.29, 0.717) is 33.2 Å². The first-order valence-electron chi connectivity index (χ1n) is 24.5. The highest BCUT2D eigenvalue weighted by Crippen LogP contribution is 2.49. The molecule has 5 heteroatoms. The predicted molar refractivity (Wildman–Crippen MR) is 252 cm³/mol. The van der Waals surface area contributed by atoms with Crippen molar-refractivity contribution in [2.75, 3.05) is 4.90 Å². The minimum Gasteiger partial charge on any atom is -0.319 e. The van der Waals surface area contributed by atoms with Crippen molar-refractivity contribution in [1.82, 2.24) is 9.13 Å². The Morgan fingerprint density at radius 1 is 0.492 bits per heavy atom. The minimum absolute atomic E-state index is 0.0443. The molecule has 9 aromatic carbocycles. The lowest BCUT2D eigenvalue weighted by Crippen LogP contribution is -2.14. The molecular formula is C56H35N5. The monoisotopic (exact) mass is 787 g/mol. The second-order valence-corrected chi connectivity index (χ2v) is 14.4. The Kier molecular flexibility index (Phi) is 6.33. The van der Waals surface area contributed by atoms with Crippen LogP contribution in [-0.2, 0) is 0 Å². The fourth-order valence-corrected chi connectivity index (χ4v) is 8.54. The molecule has 0 bridgehead atoms. The highest BCUT2D eigenvalue weighted by molar-refractivity contribution is 6.14. The van der Waals surface area contributed by atoms with Crippen molar-refractivity contribution < 1.29 is 13.7 Å². The van der Waals surface area contributed by atoms with E-state index in [4.69, 9.17) is 20.3 Å². The Balaban J connectivity index is 1.34. The Labute approximate surface area is 367 Å². The molecule has 2 heterocycles. The summed E-state index contributed by atoms with van der Waals surface area (Å²) >= 11 is 0. The van der Waals surface area contributed by atoms with E-state index in [-0.39, 0.29) is 39.2 Å². The fraction of sp³-hybridized carbons (Fsp3) is 0. The van der Waals surface area contributed by atoms with E-state index in [2.05, 4.69) is 10.9 Å². The number of anilines is 3. The molecule has 0 aliphatic rings. The zero-order valence-corrected chi connectivity index (χ0v) is 32.2. The molecule has 284 valence electrons. The van der Waals surface area contributed by atoms with Gasteiger partial charge in [-0.25, -0.2) is 4.85 Å². The summed E-state index contributed by atoms with van der Waals surface area (Å²) in [6.07, 6.45) is 0. The third kappa shape index (κ3) is 5.76. The van der Waals surface area contributed by atoms with E-state index in [1.807, 2.05) is 129 Å². The molecular weight excluding hydrogens is 743 g/mol. The van der Waals surface area contributed by atoms with Gasteiger partial charge in [0.1, 0.15) is 6.07 Å². The van der Waals surface area contributed by atoms with Crippen LogP contribution in [0.1, 0.15) is 19.3 Å². The van der Waals surface area contributed by atoms with Gasteiger partial charge in [-0.2, -0.15) is 5.26 Å². The third-order valence-corrected chi connectivity index (χ3v) is 11.1. The number of fused-ring (bicyclic) bond motifs is 6. The number of nitrogens with zero attached hydrogens (tertiary/aromatic N) is 5. The predicted octanol–water partition coefficient (Wildman–Crippen LogP) is 15.1. The molecule has 0 aliphatic carbocycles. The van der Waals surface area contributed by atoms with Gasteiger partial charge >= 0.3 is 0 Å². The molecule has 2 aromatic heterocycles. The lowest BCUT2D eigenvalue weighted by Gasteiger charge is -2.29. The van der Waals surface area contributed by atoms with Crippen LogP contribution in [0.3, 0.4) is 0 Å². The average Bonchev–Trinajstić information content (AvgIpc) is 3.91. The fourth-order valence-electron chi connectivity index (χ4n) is 8.54. The van der Waals surface area contributed by atoms with Gasteiger partial charge in [-0.05, 0) is 89.0 Å². The third-order valence-electron chi connectivity index (χ3n) is 11.1. The van der Waals surface area contributed by atoms with Gasteiger partial charge in [0.25, 0.3) is 0 Å². The van der Waals surface area contributed by atoms with Gasteiger partial charge in [0, 0.05) is 32.9 Å². The molecule has 5 nitrogen and oxygen atoms in total. The van der Waals surface area contributed by atoms with Crippen LogP contribution in [0.2, 0.25) is 0 Å². The van der Waals surface area contributed by atoms with Gasteiger partial charge in [-0.1, -0.05) is 145 Å². The number of hydrogen-bond acceptors (Lipinski definition) is 2. The molecule has 0 saturated carbocycles. The molecule has 11 rings (SSSR count). The van der Waals surface area contributed by atoms with Gasteiger partial charge in [-0.3, -0.25) is 0 Å². The molecule has 0 unspecified atom stereocenters. The molecule has 0 aliphatic heterocycles. The van der Waals surface area contributed by atoms with Crippen LogP contribution in [0.15, 0.2) is 212 Å². The van der Waals surface area contributed by atoms with E-state index < -0.39 is 60.4 Å². The maximum Gasteiger partial charge on any atom is 0.235 e. The van der Waals surface area contributed by atoms with Crippen molar-refractivity contribution in [2.24, 2.45) is 0 Å². The second-order valence-electron chi connectivity index (χ2n) is 14.4. The largest absolute Gasteiger partial charge is 0.319 e. The van der Waals surface area contributed by atoms with Crippen LogP contribution >= 0.6 is 0 Å². The molecule has 0 N–H and O–H groups in total. The Hall–Kier alpha value is -8.64. The van der Waals surface area contributed by atoms with Crippen molar-refractivity contribution in [3.63, 3.8) is 0 Å². The summed E-state index contributed by atoms with van der Waals surface area (Å²) < 4.78 is 90.1. The Morgan fingerprint density at radius 3 is 1.43 bits per heavy atom. The van der Waals surface area contributed by atoms with Crippen molar-refractivity contribution in [1.29, 1.82) is 5.26 Å². The zero-order chi connectivity index (χ0) is 49.6. The van der Waals surface area contributed by atoms with Crippen LogP contribution in [0.25, 0.3) is 82.1 Å². The molecule has 0 spiro atoms. The number of benzene rings is 9. The van der Waals surface area contributed by atoms with Crippen molar-refractivity contribution in [3.05, 3.63) is 229 Å². The lowest BCUT2D eigenvalue weighted by atomic mass is 10.0. The Morgan fingerprint density at radius 2 is 0.951 bits per heavy atom. The summed E-state index contributed by atoms with van der Waals surface area (Å²) in [6, 6.07) is 44.8. The maximum atomic E-state index is 11.7. The highest BCUT2D eigenvalue weighted by atomic mass is 15.2. The van der Waals surface area contributed by atoms with E-state index in [1.54, 1.807) is 36.4 Å². The second kappa shape index (κ2) is 14.6. The number of aromatic nitrogens is 2. The first-order chi connectivity index (χ1) is 34.4. The standard InChI is InChI=1S/C56H35N5/c1-58-55-54(60-49-28-16-14-26-44(49)45-27-15-17-29-50(45)60)36-53(59(42-22-10-4-11-23-42)43-24-12-5-13-25-43)48(37-57)56(55)61-51-32-30-40(38-18-6-2-7-19-38)34-46(51)47-35-41(31-33-52(47)61)39-20-8-3-9-21-39/h2-36H/i2D,3D,6D,7D,8D,9D,18D,19D,20D,21D. The number of rotatable bonds is 7. The SMILES string of the molecule is [2H]c1c([2H])c([2H])c(-c2ccc3c(c2)c2cc(-c4c([2H])c([2H])c([2H])c([2H])c4[2H])ccc2n3-c2c(C#N)c(N(c3ccccc3)c3ccccc3)cc(-n3c4ccccc4c4ccccc43)c2[N+]#[C-])c([2H])c1[2H]. The average molecular weight is 788 g/mol. The number of hydrogen-bond donors (Lipinski definition) is 0. The molecule has 0 fully saturated rings. The summed E-state index contributed by atoms with van der Waals surface area (Å²) in [5.74, 6) is 0. The van der Waals surface area contributed by atoms with Crippen molar-refractivity contribution in [3.8, 4) is 39.7 Å². The normalized spacial score (nSPS) is 13.5. The van der Waals surface area contributed by atoms with Crippen molar-refractivity contribution in [2.45, 2.75) is 0 Å². The summed E-state index contributed by atoms with van der Waals surface area (Å²) in [5.41, 5.74) is 5.92. The van der Waals surface area contributed by atoms with Crippen LogP contribution in [0.4, 0.5) is 22.7 Å². The van der Waals surface area contributed by atoms with Crippen molar-refractivity contribution >= 4 is 66.4 Å². The smallest absolute Gasteiger partial charge is 0.235 e. The highest BCUT2D eigenvalue weighted by Gasteiger charge is 2.29. The van der Waals surface area contributed by atoms with E-state index >= 15 is 0 Å².